The van der Waals surface area contributed by atoms with E-state index in [4.69, 9.17) is 9.15 Å². The number of fused-ring (bicyclic) bond motifs is 2. The fourth-order valence-corrected chi connectivity index (χ4v) is 3.55. The van der Waals surface area contributed by atoms with Crippen LogP contribution in [0.1, 0.15) is 30.0 Å². The van der Waals surface area contributed by atoms with Crippen LogP contribution >= 0.6 is 0 Å². The van der Waals surface area contributed by atoms with Gasteiger partial charge in [0.2, 0.25) is 0 Å². The third-order valence-electron chi connectivity index (χ3n) is 5.02. The number of ether oxygens (including phenoxy) is 1. The molecule has 0 saturated carbocycles. The summed E-state index contributed by atoms with van der Waals surface area (Å²) < 4.78 is 10.6. The number of hydrogen-bond donors (Lipinski definition) is 2. The van der Waals surface area contributed by atoms with Gasteiger partial charge in [-0.1, -0.05) is 6.07 Å². The van der Waals surface area contributed by atoms with E-state index in [0.717, 1.165) is 24.6 Å². The number of amides is 1. The smallest absolute Gasteiger partial charge is 0.311 e. The van der Waals surface area contributed by atoms with Crippen molar-refractivity contribution >= 4 is 28.5 Å². The number of anilines is 1. The van der Waals surface area contributed by atoms with E-state index in [2.05, 4.69) is 5.32 Å². The lowest BCUT2D eigenvalue weighted by atomic mass is 10.1. The molecule has 1 atom stereocenters. The van der Waals surface area contributed by atoms with Crippen molar-refractivity contribution < 1.29 is 23.8 Å². The molecule has 1 heterocycles. The van der Waals surface area contributed by atoms with Crippen LogP contribution in [-0.2, 0) is 33.6 Å². The Morgan fingerprint density at radius 3 is 2.86 bits per heavy atom. The van der Waals surface area contributed by atoms with Crippen LogP contribution in [0.5, 0.6) is 5.75 Å². The van der Waals surface area contributed by atoms with Crippen molar-refractivity contribution in [2.24, 2.45) is 0 Å². The first-order valence-corrected chi connectivity index (χ1v) is 9.31. The highest BCUT2D eigenvalue weighted by molar-refractivity contribution is 5.95. The standard InChI is InChI=1S/C22H21NO5/c1-13(22(26)23-17-6-5-14-3-2-4-15(14)9-17)28-21(25)10-16-12-27-20-11-18(24)7-8-19(16)20/h5-9,11-13,24H,2-4,10H2,1H3,(H,23,26)/t13-/m1/s1. The maximum atomic E-state index is 12.4. The number of carbonyl (C=O) groups excluding carboxylic acids is 2. The number of furan rings is 1. The number of nitrogens with one attached hydrogen (secondary N) is 1. The highest BCUT2D eigenvalue weighted by Crippen LogP contribution is 2.26. The van der Waals surface area contributed by atoms with Gasteiger partial charge >= 0.3 is 5.97 Å². The predicted molar refractivity (Wildman–Crippen MR) is 104 cm³/mol. The number of carbonyl (C=O) groups is 2. The second kappa shape index (κ2) is 7.38. The van der Waals surface area contributed by atoms with Gasteiger partial charge in [0.15, 0.2) is 6.10 Å². The van der Waals surface area contributed by atoms with Crippen molar-refractivity contribution in [1.82, 2.24) is 0 Å². The normalized spacial score (nSPS) is 13.9. The molecule has 0 unspecified atom stereocenters. The Morgan fingerprint density at radius 2 is 2.00 bits per heavy atom. The van der Waals surface area contributed by atoms with Gasteiger partial charge < -0.3 is 19.6 Å². The zero-order valence-electron chi connectivity index (χ0n) is 15.5. The first kappa shape index (κ1) is 18.1. The summed E-state index contributed by atoms with van der Waals surface area (Å²) in [4.78, 5) is 24.6. The van der Waals surface area contributed by atoms with E-state index in [-0.39, 0.29) is 18.1 Å². The Labute approximate surface area is 162 Å². The zero-order valence-corrected chi connectivity index (χ0v) is 15.5. The molecule has 0 aliphatic heterocycles. The summed E-state index contributed by atoms with van der Waals surface area (Å²) in [6, 6.07) is 10.6. The SMILES string of the molecule is C[C@@H](OC(=O)Cc1coc2cc(O)ccc12)C(=O)Nc1ccc2c(c1)CCC2. The highest BCUT2D eigenvalue weighted by Gasteiger charge is 2.20. The number of rotatable bonds is 5. The second-order valence-electron chi connectivity index (χ2n) is 7.08. The molecule has 3 aromatic rings. The summed E-state index contributed by atoms with van der Waals surface area (Å²) in [5.41, 5.74) is 4.45. The van der Waals surface area contributed by atoms with Gasteiger partial charge in [-0.3, -0.25) is 9.59 Å². The molecule has 2 N–H and O–H groups in total. The molecule has 1 aliphatic rings. The molecule has 1 aliphatic carbocycles. The van der Waals surface area contributed by atoms with Crippen molar-refractivity contribution in [3.05, 3.63) is 59.4 Å². The van der Waals surface area contributed by atoms with Crippen LogP contribution in [0.3, 0.4) is 0 Å². The first-order valence-electron chi connectivity index (χ1n) is 9.31. The summed E-state index contributed by atoms with van der Waals surface area (Å²) in [6.07, 6.45) is 3.78. The molecular weight excluding hydrogens is 358 g/mol. The van der Waals surface area contributed by atoms with E-state index < -0.39 is 12.1 Å². The van der Waals surface area contributed by atoms with E-state index >= 15 is 0 Å². The van der Waals surface area contributed by atoms with Gasteiger partial charge in [-0.05, 0) is 61.6 Å². The van der Waals surface area contributed by atoms with Gasteiger partial charge in [0.05, 0.1) is 12.7 Å². The molecule has 28 heavy (non-hydrogen) atoms. The van der Waals surface area contributed by atoms with Gasteiger partial charge in [0.1, 0.15) is 11.3 Å². The zero-order chi connectivity index (χ0) is 19.7. The average Bonchev–Trinajstić information content (AvgIpc) is 3.27. The summed E-state index contributed by atoms with van der Waals surface area (Å²) in [7, 11) is 0. The maximum absolute atomic E-state index is 12.4. The van der Waals surface area contributed by atoms with Crippen LogP contribution in [0, 0.1) is 0 Å². The van der Waals surface area contributed by atoms with Gasteiger partial charge in [-0.2, -0.15) is 0 Å². The summed E-state index contributed by atoms with van der Waals surface area (Å²) in [6.45, 7) is 1.55. The van der Waals surface area contributed by atoms with E-state index in [9.17, 15) is 14.7 Å². The molecule has 0 bridgehead atoms. The monoisotopic (exact) mass is 379 g/mol. The lowest BCUT2D eigenvalue weighted by Gasteiger charge is -2.14. The minimum absolute atomic E-state index is 0.0196. The number of aryl methyl sites for hydroxylation is 2. The molecule has 1 aromatic heterocycles. The Hall–Kier alpha value is -3.28. The van der Waals surface area contributed by atoms with Gasteiger partial charge in [-0.15, -0.1) is 0 Å². The Bertz CT molecular complexity index is 1050. The van der Waals surface area contributed by atoms with Crippen LogP contribution in [0.15, 0.2) is 47.1 Å². The molecule has 144 valence electrons. The molecule has 0 saturated heterocycles. The Kier molecular flexibility index (Phi) is 4.77. The third kappa shape index (κ3) is 3.71. The molecule has 6 nitrogen and oxygen atoms in total. The number of phenols is 1. The highest BCUT2D eigenvalue weighted by atomic mass is 16.5. The van der Waals surface area contributed by atoms with Crippen molar-refractivity contribution in [1.29, 1.82) is 0 Å². The molecule has 4 rings (SSSR count). The van der Waals surface area contributed by atoms with Gasteiger partial charge in [0, 0.05) is 22.7 Å². The fourth-order valence-electron chi connectivity index (χ4n) is 3.55. The minimum atomic E-state index is -0.914. The van der Waals surface area contributed by atoms with E-state index in [1.165, 1.54) is 29.5 Å². The maximum Gasteiger partial charge on any atom is 0.311 e. The van der Waals surface area contributed by atoms with Crippen LogP contribution in [0.25, 0.3) is 11.0 Å². The Morgan fingerprint density at radius 1 is 1.18 bits per heavy atom. The lowest BCUT2D eigenvalue weighted by Crippen LogP contribution is -2.30. The molecule has 2 aromatic carbocycles. The quantitative estimate of drug-likeness (QED) is 0.659. The van der Waals surface area contributed by atoms with Crippen LogP contribution in [-0.4, -0.2) is 23.1 Å². The average molecular weight is 379 g/mol. The molecule has 0 spiro atoms. The van der Waals surface area contributed by atoms with Crippen LogP contribution in [0.2, 0.25) is 0 Å². The fraction of sp³-hybridized carbons (Fsp3) is 0.273. The lowest BCUT2D eigenvalue weighted by molar-refractivity contribution is -0.152. The van der Waals surface area contributed by atoms with Crippen molar-refractivity contribution in [3.63, 3.8) is 0 Å². The van der Waals surface area contributed by atoms with E-state index in [1.54, 1.807) is 13.0 Å². The minimum Gasteiger partial charge on any atom is -0.508 e. The van der Waals surface area contributed by atoms with Crippen molar-refractivity contribution in [2.75, 3.05) is 5.32 Å². The molecule has 0 fully saturated rings. The summed E-state index contributed by atoms with van der Waals surface area (Å²) >= 11 is 0. The number of phenolic OH excluding ortho intramolecular Hbond substituents is 1. The predicted octanol–water partition coefficient (Wildman–Crippen LogP) is 3.74. The van der Waals surface area contributed by atoms with Gasteiger partial charge in [-0.25, -0.2) is 0 Å². The molecule has 6 heteroatoms. The van der Waals surface area contributed by atoms with Crippen molar-refractivity contribution in [3.8, 4) is 5.75 Å². The van der Waals surface area contributed by atoms with E-state index in [0.29, 0.717) is 16.8 Å². The number of esters is 1. The molecule has 0 radical (unpaired) electrons. The number of aromatic hydroxyl groups is 1. The summed E-state index contributed by atoms with van der Waals surface area (Å²) in [5, 5.41) is 13.0. The third-order valence-corrected chi connectivity index (χ3v) is 5.02. The topological polar surface area (TPSA) is 88.8 Å². The largest absolute Gasteiger partial charge is 0.508 e. The van der Waals surface area contributed by atoms with E-state index in [1.807, 2.05) is 18.2 Å². The Balaban J connectivity index is 1.36. The second-order valence-corrected chi connectivity index (χ2v) is 7.08. The summed E-state index contributed by atoms with van der Waals surface area (Å²) in [5.74, 6) is -0.798. The number of benzene rings is 2. The first-order chi connectivity index (χ1) is 13.5. The van der Waals surface area contributed by atoms with Gasteiger partial charge in [0.25, 0.3) is 5.91 Å². The van der Waals surface area contributed by atoms with Crippen molar-refractivity contribution in [2.45, 2.75) is 38.7 Å². The van der Waals surface area contributed by atoms with Crippen LogP contribution in [0.4, 0.5) is 5.69 Å². The molecule has 1 amide bonds. The van der Waals surface area contributed by atoms with Crippen LogP contribution < -0.4 is 5.32 Å². The number of hydrogen-bond acceptors (Lipinski definition) is 5. The molecular formula is C22H21NO5.